The highest BCUT2D eigenvalue weighted by Crippen LogP contribution is 2.07. The van der Waals surface area contributed by atoms with Crippen molar-refractivity contribution >= 4 is 34.6 Å². The molecule has 0 radical (unpaired) electrons. The van der Waals surface area contributed by atoms with Gasteiger partial charge in [-0.1, -0.05) is 16.7 Å². The third-order valence-corrected chi connectivity index (χ3v) is 3.25. The van der Waals surface area contributed by atoms with Crippen molar-refractivity contribution in [1.29, 1.82) is 0 Å². The van der Waals surface area contributed by atoms with Crippen LogP contribution in [0.1, 0.15) is 10.5 Å². The second-order valence-corrected chi connectivity index (χ2v) is 4.96. The summed E-state index contributed by atoms with van der Waals surface area (Å²) in [7, 11) is 0. The first kappa shape index (κ1) is 12.3. The summed E-state index contributed by atoms with van der Waals surface area (Å²) >= 11 is 6.05. The summed E-state index contributed by atoms with van der Waals surface area (Å²) in [4.78, 5) is 16.4. The average molecular weight is 271 g/mol. The van der Waals surface area contributed by atoms with Gasteiger partial charge in [-0.2, -0.15) is 0 Å². The minimum absolute atomic E-state index is 0.0475. The predicted molar refractivity (Wildman–Crippen MR) is 69.0 cm³/mol. The molecule has 8 heteroatoms. The van der Waals surface area contributed by atoms with E-state index in [0.717, 1.165) is 13.1 Å². The molecule has 0 spiro atoms. The number of carbonyl (C=O) groups is 1. The number of nitrogens with two attached hydrogens (primary N) is 1. The van der Waals surface area contributed by atoms with Gasteiger partial charge in [0.2, 0.25) is 0 Å². The van der Waals surface area contributed by atoms with E-state index in [0.29, 0.717) is 30.3 Å². The number of rotatable bonds is 3. The van der Waals surface area contributed by atoms with Gasteiger partial charge in [0.05, 0.1) is 4.99 Å². The lowest BCUT2D eigenvalue weighted by Gasteiger charge is -2.33. The summed E-state index contributed by atoms with van der Waals surface area (Å²) in [5, 5.41) is 5.45. The lowest BCUT2D eigenvalue weighted by Crippen LogP contribution is -2.50. The van der Waals surface area contributed by atoms with E-state index in [2.05, 4.69) is 14.5 Å². The maximum atomic E-state index is 12.0. The molecule has 92 valence electrons. The topological polar surface area (TPSA) is 75.3 Å². The van der Waals surface area contributed by atoms with Crippen molar-refractivity contribution in [3.05, 3.63) is 11.1 Å². The molecule has 1 fully saturated rings. The highest BCUT2D eigenvalue weighted by Gasteiger charge is 2.23. The third kappa shape index (κ3) is 3.18. The Balaban J connectivity index is 1.87. The number of thiocarbonyl (C=S) groups is 1. The van der Waals surface area contributed by atoms with Gasteiger partial charge in [-0.15, -0.1) is 5.10 Å². The fraction of sp³-hybridized carbons (Fsp3) is 0.556. The highest BCUT2D eigenvalue weighted by atomic mass is 32.1. The van der Waals surface area contributed by atoms with E-state index in [1.807, 2.05) is 0 Å². The molecular formula is C9H13N5OS2. The van der Waals surface area contributed by atoms with Gasteiger partial charge in [-0.25, -0.2) is 0 Å². The quantitative estimate of drug-likeness (QED) is 0.753. The standard InChI is InChI=1S/C9H13N5OS2/c10-8(16)5-13-1-3-14(4-2-13)9(15)7-6-17-12-11-7/h6H,1-5H2,(H2,10,16). The third-order valence-electron chi connectivity index (χ3n) is 2.62. The summed E-state index contributed by atoms with van der Waals surface area (Å²) < 4.78 is 3.69. The van der Waals surface area contributed by atoms with E-state index in [4.69, 9.17) is 18.0 Å². The number of nitrogens with zero attached hydrogens (tertiary/aromatic N) is 4. The zero-order valence-electron chi connectivity index (χ0n) is 9.20. The van der Waals surface area contributed by atoms with Crippen molar-refractivity contribution in [3.63, 3.8) is 0 Å². The van der Waals surface area contributed by atoms with Crippen LogP contribution >= 0.6 is 23.8 Å². The number of amides is 1. The van der Waals surface area contributed by atoms with Gasteiger partial charge in [0.1, 0.15) is 0 Å². The Morgan fingerprint density at radius 2 is 2.18 bits per heavy atom. The van der Waals surface area contributed by atoms with E-state index in [1.54, 1.807) is 10.3 Å². The molecule has 0 unspecified atom stereocenters. The molecule has 17 heavy (non-hydrogen) atoms. The minimum atomic E-state index is -0.0475. The van der Waals surface area contributed by atoms with Gasteiger partial charge in [-0.3, -0.25) is 9.69 Å². The first-order chi connectivity index (χ1) is 8.16. The number of carbonyl (C=O) groups excluding carboxylic acids is 1. The Morgan fingerprint density at radius 3 is 2.71 bits per heavy atom. The van der Waals surface area contributed by atoms with Crippen molar-refractivity contribution in [2.75, 3.05) is 32.7 Å². The Labute approximate surface area is 109 Å². The van der Waals surface area contributed by atoms with E-state index in [1.165, 1.54) is 11.5 Å². The van der Waals surface area contributed by atoms with Crippen molar-refractivity contribution in [2.24, 2.45) is 5.73 Å². The molecule has 2 N–H and O–H groups in total. The number of piperazine rings is 1. The Kier molecular flexibility index (Phi) is 3.97. The van der Waals surface area contributed by atoms with Crippen molar-refractivity contribution in [1.82, 2.24) is 19.4 Å². The molecule has 1 saturated heterocycles. The fourth-order valence-corrected chi connectivity index (χ4v) is 2.36. The average Bonchev–Trinajstić information content (AvgIpc) is 2.82. The smallest absolute Gasteiger partial charge is 0.275 e. The van der Waals surface area contributed by atoms with Crippen LogP contribution in [0.3, 0.4) is 0 Å². The molecule has 6 nitrogen and oxygen atoms in total. The van der Waals surface area contributed by atoms with Gasteiger partial charge in [0.15, 0.2) is 5.69 Å². The van der Waals surface area contributed by atoms with Gasteiger partial charge < -0.3 is 10.6 Å². The van der Waals surface area contributed by atoms with Crippen LogP contribution in [0.5, 0.6) is 0 Å². The first-order valence-corrected chi connectivity index (χ1v) is 6.48. The van der Waals surface area contributed by atoms with Gasteiger partial charge in [0.25, 0.3) is 5.91 Å². The SMILES string of the molecule is NC(=S)CN1CCN(C(=O)c2csnn2)CC1. The monoisotopic (exact) mass is 271 g/mol. The van der Waals surface area contributed by atoms with E-state index < -0.39 is 0 Å². The maximum Gasteiger partial charge on any atom is 0.275 e. The molecule has 0 bridgehead atoms. The molecule has 1 amide bonds. The number of hydrogen-bond donors (Lipinski definition) is 1. The summed E-state index contributed by atoms with van der Waals surface area (Å²) in [6.07, 6.45) is 0. The van der Waals surface area contributed by atoms with Crippen LogP contribution < -0.4 is 5.73 Å². The normalized spacial score (nSPS) is 17.1. The molecule has 0 aliphatic carbocycles. The molecule has 1 aliphatic heterocycles. The molecule has 1 aromatic heterocycles. The summed E-state index contributed by atoms with van der Waals surface area (Å²) in [6, 6.07) is 0. The van der Waals surface area contributed by atoms with Gasteiger partial charge in [-0.05, 0) is 11.5 Å². The van der Waals surface area contributed by atoms with Crippen molar-refractivity contribution in [3.8, 4) is 0 Å². The number of hydrogen-bond acceptors (Lipinski definition) is 6. The molecule has 2 rings (SSSR count). The molecule has 0 atom stereocenters. The van der Waals surface area contributed by atoms with Gasteiger partial charge in [0, 0.05) is 38.1 Å². The summed E-state index contributed by atoms with van der Waals surface area (Å²) in [5.41, 5.74) is 5.92. The van der Waals surface area contributed by atoms with Crippen molar-refractivity contribution in [2.45, 2.75) is 0 Å². The zero-order valence-corrected chi connectivity index (χ0v) is 10.8. The molecule has 1 aromatic rings. The Bertz CT molecular complexity index is 400. The molecular weight excluding hydrogens is 258 g/mol. The number of aromatic nitrogens is 2. The van der Waals surface area contributed by atoms with Crippen molar-refractivity contribution < 1.29 is 4.79 Å². The van der Waals surface area contributed by atoms with Crippen LogP contribution in [0, 0.1) is 0 Å². The Hall–Kier alpha value is -1.12. The minimum Gasteiger partial charge on any atom is -0.392 e. The summed E-state index contributed by atoms with van der Waals surface area (Å²) in [6.45, 7) is 3.56. The Morgan fingerprint density at radius 1 is 1.47 bits per heavy atom. The maximum absolute atomic E-state index is 12.0. The molecule has 0 aromatic carbocycles. The molecule has 2 heterocycles. The van der Waals surface area contributed by atoms with E-state index >= 15 is 0 Å². The molecule has 1 aliphatic rings. The molecule has 0 saturated carbocycles. The van der Waals surface area contributed by atoms with Crippen LogP contribution in [0.4, 0.5) is 0 Å². The largest absolute Gasteiger partial charge is 0.392 e. The first-order valence-electron chi connectivity index (χ1n) is 5.24. The summed E-state index contributed by atoms with van der Waals surface area (Å²) in [5.74, 6) is -0.0475. The van der Waals surface area contributed by atoms with Crippen LogP contribution in [-0.2, 0) is 0 Å². The van der Waals surface area contributed by atoms with E-state index in [9.17, 15) is 4.79 Å². The van der Waals surface area contributed by atoms with Crippen LogP contribution in [0.2, 0.25) is 0 Å². The second-order valence-electron chi connectivity index (χ2n) is 3.82. The fourth-order valence-electron chi connectivity index (χ4n) is 1.75. The second kappa shape index (κ2) is 5.48. The predicted octanol–water partition coefficient (Wildman–Crippen LogP) is -0.418. The zero-order chi connectivity index (χ0) is 12.3. The lowest BCUT2D eigenvalue weighted by atomic mass is 10.3. The highest BCUT2D eigenvalue weighted by molar-refractivity contribution is 7.80. The van der Waals surface area contributed by atoms with Gasteiger partial charge >= 0.3 is 0 Å². The van der Waals surface area contributed by atoms with Crippen LogP contribution in [-0.4, -0.2) is 63.0 Å². The van der Waals surface area contributed by atoms with Crippen LogP contribution in [0.15, 0.2) is 5.38 Å². The van der Waals surface area contributed by atoms with Crippen LogP contribution in [0.25, 0.3) is 0 Å². The van der Waals surface area contributed by atoms with E-state index in [-0.39, 0.29) is 5.91 Å². The lowest BCUT2D eigenvalue weighted by molar-refractivity contribution is 0.0648.